The summed E-state index contributed by atoms with van der Waals surface area (Å²) in [7, 11) is 6.19. The number of methoxy groups -OCH3 is 4. The Hall–Kier alpha value is -3.78. The van der Waals surface area contributed by atoms with Crippen molar-refractivity contribution in [3.63, 3.8) is 0 Å². The van der Waals surface area contributed by atoms with E-state index in [1.807, 2.05) is 41.8 Å². The number of carbonyl (C=O) groups excluding carboxylic acids is 1. The van der Waals surface area contributed by atoms with Gasteiger partial charge in [-0.1, -0.05) is 0 Å². The molecular formula is C25H24N2O5S. The van der Waals surface area contributed by atoms with E-state index < -0.39 is 0 Å². The number of hydrogen-bond acceptors (Lipinski definition) is 7. The number of imidazole rings is 1. The predicted molar refractivity (Wildman–Crippen MR) is 129 cm³/mol. The van der Waals surface area contributed by atoms with Crippen LogP contribution in [0.5, 0.6) is 23.0 Å². The van der Waals surface area contributed by atoms with Gasteiger partial charge in [-0.15, -0.1) is 11.3 Å². The van der Waals surface area contributed by atoms with Crippen molar-refractivity contribution in [3.8, 4) is 34.3 Å². The van der Waals surface area contributed by atoms with E-state index in [0.29, 0.717) is 22.8 Å². The number of allylic oxidation sites excluding steroid dienone is 1. The standard InChI is InChI=1S/C25H24N2O5S/c1-15-14-27-19(23(26-25(27)33-15)16-6-8-18(29-2)9-7-16)10-11-20(28)17-12-21(30-3)24(32-5)22(13-17)31-4/h6-14H,1-5H3. The molecule has 2 heterocycles. The number of rotatable bonds is 8. The van der Waals surface area contributed by atoms with E-state index in [1.165, 1.54) is 27.4 Å². The van der Waals surface area contributed by atoms with Gasteiger partial charge in [0.2, 0.25) is 5.75 Å². The molecule has 33 heavy (non-hydrogen) atoms. The Kier molecular flexibility index (Phi) is 6.37. The van der Waals surface area contributed by atoms with E-state index in [9.17, 15) is 4.79 Å². The molecule has 8 heteroatoms. The third-order valence-corrected chi connectivity index (χ3v) is 6.08. The molecule has 0 aliphatic rings. The highest BCUT2D eigenvalue weighted by molar-refractivity contribution is 7.17. The number of ketones is 1. The number of ether oxygens (including phenoxy) is 4. The summed E-state index contributed by atoms with van der Waals surface area (Å²) >= 11 is 1.60. The van der Waals surface area contributed by atoms with Gasteiger partial charge >= 0.3 is 0 Å². The van der Waals surface area contributed by atoms with Crippen molar-refractivity contribution in [1.29, 1.82) is 0 Å². The van der Waals surface area contributed by atoms with E-state index in [4.69, 9.17) is 23.9 Å². The molecule has 0 amide bonds. The average molecular weight is 465 g/mol. The number of aromatic nitrogens is 2. The van der Waals surface area contributed by atoms with Crippen LogP contribution in [0.2, 0.25) is 0 Å². The fourth-order valence-electron chi connectivity index (χ4n) is 3.57. The van der Waals surface area contributed by atoms with Crippen LogP contribution in [0.15, 0.2) is 48.7 Å². The summed E-state index contributed by atoms with van der Waals surface area (Å²) in [6.07, 6.45) is 5.34. The Morgan fingerprint density at radius 2 is 1.64 bits per heavy atom. The lowest BCUT2D eigenvalue weighted by Crippen LogP contribution is -2.00. The third kappa shape index (κ3) is 4.29. The fraction of sp³-hybridized carbons (Fsp3) is 0.200. The maximum absolute atomic E-state index is 13.1. The van der Waals surface area contributed by atoms with Crippen molar-refractivity contribution in [2.45, 2.75) is 6.92 Å². The molecule has 4 aromatic rings. The summed E-state index contributed by atoms with van der Waals surface area (Å²) in [6.45, 7) is 2.03. The molecule has 7 nitrogen and oxygen atoms in total. The maximum atomic E-state index is 13.1. The number of benzene rings is 2. The topological polar surface area (TPSA) is 71.3 Å². The molecule has 0 N–H and O–H groups in total. The maximum Gasteiger partial charge on any atom is 0.203 e. The van der Waals surface area contributed by atoms with Crippen LogP contribution in [-0.4, -0.2) is 43.6 Å². The van der Waals surface area contributed by atoms with Crippen LogP contribution in [0.4, 0.5) is 0 Å². The average Bonchev–Trinajstić information content (AvgIpc) is 3.37. The molecule has 0 aliphatic carbocycles. The van der Waals surface area contributed by atoms with E-state index in [-0.39, 0.29) is 5.78 Å². The van der Waals surface area contributed by atoms with Crippen LogP contribution < -0.4 is 18.9 Å². The first-order valence-corrected chi connectivity index (χ1v) is 11.0. The lowest BCUT2D eigenvalue weighted by Gasteiger charge is -2.13. The van der Waals surface area contributed by atoms with E-state index >= 15 is 0 Å². The Labute approximate surface area is 195 Å². The molecule has 0 atom stereocenters. The number of hydrogen-bond donors (Lipinski definition) is 0. The van der Waals surface area contributed by atoms with Gasteiger partial charge in [-0.3, -0.25) is 9.20 Å². The summed E-state index contributed by atoms with van der Waals surface area (Å²) in [4.78, 5) is 19.9. The van der Waals surface area contributed by atoms with Gasteiger partial charge in [0.15, 0.2) is 22.2 Å². The van der Waals surface area contributed by atoms with Crippen LogP contribution in [0, 0.1) is 6.92 Å². The predicted octanol–water partition coefficient (Wildman–Crippen LogP) is 5.30. The monoisotopic (exact) mass is 464 g/mol. The zero-order chi connectivity index (χ0) is 23.5. The Balaban J connectivity index is 1.75. The van der Waals surface area contributed by atoms with Gasteiger partial charge in [0.05, 0.1) is 39.8 Å². The number of aryl methyl sites for hydroxylation is 1. The minimum Gasteiger partial charge on any atom is -0.497 e. The number of thiazole rings is 1. The van der Waals surface area contributed by atoms with Gasteiger partial charge in [0.25, 0.3) is 0 Å². The van der Waals surface area contributed by atoms with Crippen molar-refractivity contribution in [1.82, 2.24) is 9.38 Å². The highest BCUT2D eigenvalue weighted by Crippen LogP contribution is 2.38. The molecule has 0 saturated heterocycles. The van der Waals surface area contributed by atoms with Gasteiger partial charge in [0.1, 0.15) is 5.75 Å². The lowest BCUT2D eigenvalue weighted by molar-refractivity contribution is 0.104. The molecule has 2 aromatic carbocycles. The molecule has 0 spiro atoms. The number of carbonyl (C=O) groups is 1. The van der Waals surface area contributed by atoms with Gasteiger partial charge in [-0.25, -0.2) is 4.98 Å². The summed E-state index contributed by atoms with van der Waals surface area (Å²) in [5.74, 6) is 1.86. The fourth-order valence-corrected chi connectivity index (χ4v) is 4.40. The van der Waals surface area contributed by atoms with Crippen LogP contribution in [0.25, 0.3) is 22.3 Å². The molecule has 0 aliphatic heterocycles. The Morgan fingerprint density at radius 1 is 0.970 bits per heavy atom. The summed E-state index contributed by atoms with van der Waals surface area (Å²) in [5.41, 5.74) is 2.97. The molecule has 0 radical (unpaired) electrons. The summed E-state index contributed by atoms with van der Waals surface area (Å²) in [6, 6.07) is 11.0. The van der Waals surface area contributed by atoms with Gasteiger partial charge in [-0.2, -0.15) is 0 Å². The summed E-state index contributed by atoms with van der Waals surface area (Å²) < 4.78 is 23.4. The number of nitrogens with zero attached hydrogens (tertiary/aromatic N) is 2. The SMILES string of the molecule is COc1ccc(-c2nc3sc(C)cn3c2C=CC(=O)c2cc(OC)c(OC)c(OC)c2)cc1. The van der Waals surface area contributed by atoms with Crippen LogP contribution >= 0.6 is 11.3 Å². The molecule has 170 valence electrons. The van der Waals surface area contributed by atoms with Crippen LogP contribution in [0.3, 0.4) is 0 Å². The molecular weight excluding hydrogens is 440 g/mol. The Bertz CT molecular complexity index is 1310. The molecule has 0 unspecified atom stereocenters. The van der Waals surface area contributed by atoms with Crippen LogP contribution in [0.1, 0.15) is 20.9 Å². The zero-order valence-electron chi connectivity index (χ0n) is 19.0. The minimum absolute atomic E-state index is 0.197. The largest absolute Gasteiger partial charge is 0.497 e. The van der Waals surface area contributed by atoms with Gasteiger partial charge in [0, 0.05) is 22.2 Å². The highest BCUT2D eigenvalue weighted by Gasteiger charge is 2.17. The van der Waals surface area contributed by atoms with Crippen molar-refractivity contribution < 1.29 is 23.7 Å². The lowest BCUT2D eigenvalue weighted by atomic mass is 10.1. The highest BCUT2D eigenvalue weighted by atomic mass is 32.1. The first kappa shape index (κ1) is 22.4. The van der Waals surface area contributed by atoms with Crippen molar-refractivity contribution in [2.75, 3.05) is 28.4 Å². The Morgan fingerprint density at radius 3 is 2.21 bits per heavy atom. The number of fused-ring (bicyclic) bond motifs is 1. The van der Waals surface area contributed by atoms with Crippen molar-refractivity contribution in [2.24, 2.45) is 0 Å². The molecule has 4 rings (SSSR count). The molecule has 0 bridgehead atoms. The van der Waals surface area contributed by atoms with Crippen molar-refractivity contribution >= 4 is 28.2 Å². The first-order valence-electron chi connectivity index (χ1n) is 10.1. The van der Waals surface area contributed by atoms with Crippen LogP contribution in [-0.2, 0) is 0 Å². The zero-order valence-corrected chi connectivity index (χ0v) is 19.9. The normalized spacial score (nSPS) is 11.2. The first-order chi connectivity index (χ1) is 16.0. The summed E-state index contributed by atoms with van der Waals surface area (Å²) in [5, 5.41) is 0. The smallest absolute Gasteiger partial charge is 0.203 e. The molecule has 0 saturated carbocycles. The van der Waals surface area contributed by atoms with Gasteiger partial charge < -0.3 is 18.9 Å². The second-order valence-corrected chi connectivity index (χ2v) is 8.39. The molecule has 2 aromatic heterocycles. The molecule has 0 fully saturated rings. The van der Waals surface area contributed by atoms with E-state index in [1.54, 1.807) is 36.7 Å². The third-order valence-electron chi connectivity index (χ3n) is 5.18. The second kappa shape index (κ2) is 9.38. The van der Waals surface area contributed by atoms with E-state index in [0.717, 1.165) is 32.5 Å². The van der Waals surface area contributed by atoms with Crippen molar-refractivity contribution in [3.05, 3.63) is 64.8 Å². The van der Waals surface area contributed by atoms with E-state index in [2.05, 4.69) is 0 Å². The second-order valence-electron chi connectivity index (χ2n) is 7.18. The quantitative estimate of drug-likeness (QED) is 0.260. The minimum atomic E-state index is -0.197. The van der Waals surface area contributed by atoms with Gasteiger partial charge in [-0.05, 0) is 55.5 Å².